The van der Waals surface area contributed by atoms with Crippen LogP contribution in [-0.4, -0.2) is 27.1 Å². The molecule has 0 aliphatic heterocycles. The van der Waals surface area contributed by atoms with Crippen molar-refractivity contribution in [1.29, 1.82) is 0 Å². The zero-order chi connectivity index (χ0) is 13.9. The molecule has 0 atom stereocenters. The van der Waals surface area contributed by atoms with Crippen LogP contribution in [0.3, 0.4) is 0 Å². The quantitative estimate of drug-likeness (QED) is 0.455. The van der Waals surface area contributed by atoms with Gasteiger partial charge in [-0.3, -0.25) is 9.48 Å². The summed E-state index contributed by atoms with van der Waals surface area (Å²) in [5, 5.41) is 8.17. The predicted octanol–water partition coefficient (Wildman–Crippen LogP) is 2.34. The number of carbonyl (C=O) groups is 2. The van der Waals surface area contributed by atoms with E-state index in [0.717, 1.165) is 50.6 Å². The first kappa shape index (κ1) is 15.5. The molecule has 0 aliphatic rings. The van der Waals surface area contributed by atoms with Gasteiger partial charge in [-0.1, -0.05) is 12.1 Å². The number of unbranched alkanes of at least 4 members (excludes halogenated alkanes) is 3. The van der Waals surface area contributed by atoms with Gasteiger partial charge in [0, 0.05) is 32.0 Å². The third-order valence-electron chi connectivity index (χ3n) is 3.08. The van der Waals surface area contributed by atoms with Crippen molar-refractivity contribution in [3.63, 3.8) is 0 Å². The number of hydrogen-bond donors (Lipinski definition) is 0. The Balaban J connectivity index is 2.15. The molecule has 0 spiro atoms. The molecule has 0 saturated carbocycles. The molecule has 0 aromatic carbocycles. The molecular formula is C14H23N3O2. The van der Waals surface area contributed by atoms with Crippen LogP contribution in [0.25, 0.3) is 0 Å². The van der Waals surface area contributed by atoms with E-state index in [0.29, 0.717) is 25.0 Å². The van der Waals surface area contributed by atoms with Gasteiger partial charge in [0.2, 0.25) is 0 Å². The lowest BCUT2D eigenvalue weighted by Crippen LogP contribution is -1.98. The van der Waals surface area contributed by atoms with E-state index in [1.807, 2.05) is 17.8 Å². The van der Waals surface area contributed by atoms with Gasteiger partial charge in [0.05, 0.1) is 5.69 Å². The monoisotopic (exact) mass is 265 g/mol. The Hall–Kier alpha value is -1.52. The lowest BCUT2D eigenvalue weighted by Gasteiger charge is -1.98. The summed E-state index contributed by atoms with van der Waals surface area (Å²) in [4.78, 5) is 21.3. The average molecular weight is 265 g/mol. The van der Waals surface area contributed by atoms with Crippen molar-refractivity contribution in [3.05, 3.63) is 11.9 Å². The van der Waals surface area contributed by atoms with Crippen LogP contribution >= 0.6 is 0 Å². The molecular weight excluding hydrogens is 242 g/mol. The number of ketones is 1. The molecule has 106 valence electrons. The first-order valence-corrected chi connectivity index (χ1v) is 7.10. The topological polar surface area (TPSA) is 64.8 Å². The van der Waals surface area contributed by atoms with E-state index in [1.54, 1.807) is 0 Å². The van der Waals surface area contributed by atoms with Gasteiger partial charge in [-0.15, -0.1) is 5.10 Å². The second-order valence-corrected chi connectivity index (χ2v) is 4.73. The Morgan fingerprint density at radius 1 is 1.32 bits per heavy atom. The van der Waals surface area contributed by atoms with Crippen molar-refractivity contribution < 1.29 is 9.59 Å². The zero-order valence-electron chi connectivity index (χ0n) is 11.7. The van der Waals surface area contributed by atoms with Gasteiger partial charge in [-0.2, -0.15) is 0 Å². The highest BCUT2D eigenvalue weighted by Gasteiger charge is 2.02. The number of Topliss-reactive ketones (excluding diaryl/α,β-unsaturated/α-hetero) is 1. The SMILES string of the molecule is CCC(=O)CCCCc1cn(CCCCC=O)nn1. The summed E-state index contributed by atoms with van der Waals surface area (Å²) in [7, 11) is 0. The summed E-state index contributed by atoms with van der Waals surface area (Å²) >= 11 is 0. The van der Waals surface area contributed by atoms with E-state index in [4.69, 9.17) is 0 Å². The van der Waals surface area contributed by atoms with Crippen molar-refractivity contribution in [2.75, 3.05) is 0 Å². The van der Waals surface area contributed by atoms with Crippen molar-refractivity contribution in [3.8, 4) is 0 Å². The first-order chi connectivity index (χ1) is 9.26. The Labute approximate surface area is 114 Å². The highest BCUT2D eigenvalue weighted by Crippen LogP contribution is 2.05. The Bertz CT molecular complexity index is 388. The van der Waals surface area contributed by atoms with E-state index in [1.165, 1.54) is 0 Å². The minimum Gasteiger partial charge on any atom is -0.303 e. The second-order valence-electron chi connectivity index (χ2n) is 4.73. The van der Waals surface area contributed by atoms with Gasteiger partial charge in [0.1, 0.15) is 12.1 Å². The molecule has 5 nitrogen and oxygen atoms in total. The maximum atomic E-state index is 11.1. The highest BCUT2D eigenvalue weighted by molar-refractivity contribution is 5.77. The lowest BCUT2D eigenvalue weighted by molar-refractivity contribution is -0.118. The standard InChI is InChI=1S/C14H23N3O2/c1-2-14(19)9-5-4-8-13-12-17(16-15-13)10-6-3-7-11-18/h11-12H,2-10H2,1H3. The third kappa shape index (κ3) is 6.84. The molecule has 5 heteroatoms. The summed E-state index contributed by atoms with van der Waals surface area (Å²) in [6.07, 6.45) is 9.48. The molecule has 0 saturated heterocycles. The normalized spacial score (nSPS) is 10.6. The summed E-state index contributed by atoms with van der Waals surface area (Å²) in [6.45, 7) is 2.72. The van der Waals surface area contributed by atoms with Gasteiger partial charge in [0.25, 0.3) is 0 Å². The number of hydrogen-bond acceptors (Lipinski definition) is 4. The third-order valence-corrected chi connectivity index (χ3v) is 3.08. The van der Waals surface area contributed by atoms with Gasteiger partial charge in [-0.05, 0) is 32.1 Å². The minimum absolute atomic E-state index is 0.332. The van der Waals surface area contributed by atoms with Crippen LogP contribution in [-0.2, 0) is 22.6 Å². The van der Waals surface area contributed by atoms with Crippen LogP contribution in [0.4, 0.5) is 0 Å². The Kier molecular flexibility index (Phi) is 7.70. The fourth-order valence-corrected chi connectivity index (χ4v) is 1.87. The van der Waals surface area contributed by atoms with E-state index >= 15 is 0 Å². The van der Waals surface area contributed by atoms with E-state index in [2.05, 4.69) is 10.3 Å². The average Bonchev–Trinajstić information content (AvgIpc) is 2.87. The summed E-state index contributed by atoms with van der Waals surface area (Å²) < 4.78 is 1.83. The summed E-state index contributed by atoms with van der Waals surface area (Å²) in [5.41, 5.74) is 0.985. The Morgan fingerprint density at radius 2 is 2.16 bits per heavy atom. The molecule has 0 radical (unpaired) electrons. The van der Waals surface area contributed by atoms with Crippen LogP contribution in [0.2, 0.25) is 0 Å². The van der Waals surface area contributed by atoms with Gasteiger partial charge >= 0.3 is 0 Å². The lowest BCUT2D eigenvalue weighted by atomic mass is 10.1. The molecule has 0 amide bonds. The number of nitrogens with zero attached hydrogens (tertiary/aromatic N) is 3. The van der Waals surface area contributed by atoms with Crippen LogP contribution in [0.15, 0.2) is 6.20 Å². The number of aromatic nitrogens is 3. The number of rotatable bonds is 11. The van der Waals surface area contributed by atoms with Gasteiger partial charge in [0.15, 0.2) is 0 Å². The second kappa shape index (κ2) is 9.42. The summed E-state index contributed by atoms with van der Waals surface area (Å²) in [6, 6.07) is 0. The minimum atomic E-state index is 0.332. The maximum Gasteiger partial charge on any atom is 0.132 e. The van der Waals surface area contributed by atoms with Crippen LogP contribution in [0.1, 0.15) is 57.6 Å². The predicted molar refractivity (Wildman–Crippen MR) is 72.8 cm³/mol. The molecule has 19 heavy (non-hydrogen) atoms. The van der Waals surface area contributed by atoms with Gasteiger partial charge in [-0.25, -0.2) is 0 Å². The first-order valence-electron chi connectivity index (χ1n) is 7.10. The van der Waals surface area contributed by atoms with Crippen molar-refractivity contribution in [2.45, 2.75) is 64.8 Å². The van der Waals surface area contributed by atoms with Crippen LogP contribution in [0.5, 0.6) is 0 Å². The Morgan fingerprint density at radius 3 is 2.89 bits per heavy atom. The van der Waals surface area contributed by atoms with Gasteiger partial charge < -0.3 is 4.79 Å². The molecule has 1 aromatic rings. The number of carbonyl (C=O) groups excluding carboxylic acids is 2. The van der Waals surface area contributed by atoms with Crippen molar-refractivity contribution >= 4 is 12.1 Å². The zero-order valence-corrected chi connectivity index (χ0v) is 11.7. The maximum absolute atomic E-state index is 11.1. The fourth-order valence-electron chi connectivity index (χ4n) is 1.87. The molecule has 1 rings (SSSR count). The highest BCUT2D eigenvalue weighted by atomic mass is 16.1. The van der Waals surface area contributed by atoms with E-state index in [9.17, 15) is 9.59 Å². The molecule has 1 aromatic heterocycles. The summed E-state index contributed by atoms with van der Waals surface area (Å²) in [5.74, 6) is 0.332. The molecule has 1 heterocycles. The van der Waals surface area contributed by atoms with Crippen molar-refractivity contribution in [1.82, 2.24) is 15.0 Å². The molecule has 0 N–H and O–H groups in total. The van der Waals surface area contributed by atoms with Crippen LogP contribution < -0.4 is 0 Å². The number of aldehydes is 1. The van der Waals surface area contributed by atoms with E-state index < -0.39 is 0 Å². The molecule has 0 unspecified atom stereocenters. The molecule has 0 aliphatic carbocycles. The molecule has 0 bridgehead atoms. The smallest absolute Gasteiger partial charge is 0.132 e. The largest absolute Gasteiger partial charge is 0.303 e. The van der Waals surface area contributed by atoms with Crippen LogP contribution in [0, 0.1) is 0 Å². The molecule has 0 fully saturated rings. The van der Waals surface area contributed by atoms with Crippen molar-refractivity contribution in [2.24, 2.45) is 0 Å². The number of aryl methyl sites for hydroxylation is 2. The fraction of sp³-hybridized carbons (Fsp3) is 0.714. The van der Waals surface area contributed by atoms with E-state index in [-0.39, 0.29) is 0 Å².